The minimum atomic E-state index is -0.0545. The van der Waals surface area contributed by atoms with Crippen molar-refractivity contribution in [2.75, 3.05) is 6.54 Å². The smallest absolute Gasteiger partial charge is 0.246 e. The predicted octanol–water partition coefficient (Wildman–Crippen LogP) is 6.00. The molecule has 1 heterocycles. The third kappa shape index (κ3) is 6.06. The van der Waals surface area contributed by atoms with E-state index in [9.17, 15) is 4.79 Å². The van der Waals surface area contributed by atoms with Gasteiger partial charge in [0.2, 0.25) is 5.91 Å². The number of hydrogen-bond donors (Lipinski definition) is 1. The van der Waals surface area contributed by atoms with Crippen LogP contribution in [-0.4, -0.2) is 22.0 Å². The summed E-state index contributed by atoms with van der Waals surface area (Å²) in [5.41, 5.74) is 5.52. The van der Waals surface area contributed by atoms with Gasteiger partial charge in [-0.25, -0.2) is 4.98 Å². The lowest BCUT2D eigenvalue weighted by Gasteiger charge is -2.12. The van der Waals surface area contributed by atoms with Gasteiger partial charge in [0, 0.05) is 25.1 Å². The zero-order valence-corrected chi connectivity index (χ0v) is 19.2. The number of unbranched alkanes of at least 4 members (excludes halogenated alkanes) is 2. The second-order valence-electron chi connectivity index (χ2n) is 8.50. The van der Waals surface area contributed by atoms with Gasteiger partial charge in [0.1, 0.15) is 5.82 Å². The Kier molecular flexibility index (Phi) is 8.05. The molecule has 2 aromatic carbocycles. The Morgan fingerprint density at radius 3 is 2.55 bits per heavy atom. The maximum absolute atomic E-state index is 11.6. The number of hydrogen-bond acceptors (Lipinski definition) is 2. The normalized spacial score (nSPS) is 12.1. The van der Waals surface area contributed by atoms with Crippen LogP contribution in [0.1, 0.15) is 69.3 Å². The van der Waals surface area contributed by atoms with E-state index in [1.165, 1.54) is 16.6 Å². The maximum atomic E-state index is 11.6. The zero-order valence-electron chi connectivity index (χ0n) is 19.2. The number of nitrogens with zero attached hydrogens (tertiary/aromatic N) is 2. The summed E-state index contributed by atoms with van der Waals surface area (Å²) in [6.45, 7) is 11.5. The molecule has 0 saturated heterocycles. The monoisotopic (exact) mass is 417 g/mol. The fourth-order valence-corrected chi connectivity index (χ4v) is 3.80. The predicted molar refractivity (Wildman–Crippen MR) is 129 cm³/mol. The molecule has 4 nitrogen and oxygen atoms in total. The lowest BCUT2D eigenvalue weighted by molar-refractivity contribution is -0.117. The Bertz CT molecular complexity index is 1020. The number of amides is 1. The third-order valence-corrected chi connectivity index (χ3v) is 5.99. The second-order valence-corrected chi connectivity index (χ2v) is 8.50. The molecular weight excluding hydrogens is 382 g/mol. The molecule has 1 unspecified atom stereocenters. The van der Waals surface area contributed by atoms with E-state index in [0.29, 0.717) is 18.0 Å². The highest BCUT2D eigenvalue weighted by atomic mass is 16.1. The molecule has 0 bridgehead atoms. The van der Waals surface area contributed by atoms with Gasteiger partial charge in [-0.05, 0) is 55.4 Å². The Hall–Kier alpha value is -2.88. The number of rotatable bonds is 11. The Labute approximate surface area is 186 Å². The molecule has 0 aliphatic heterocycles. The van der Waals surface area contributed by atoms with Crippen molar-refractivity contribution in [3.63, 3.8) is 0 Å². The first-order valence-electron chi connectivity index (χ1n) is 11.5. The van der Waals surface area contributed by atoms with E-state index in [1.807, 2.05) is 0 Å². The molecule has 0 aliphatic rings. The van der Waals surface area contributed by atoms with Crippen molar-refractivity contribution in [3.05, 3.63) is 77.6 Å². The highest BCUT2D eigenvalue weighted by molar-refractivity contribution is 5.92. The number of benzene rings is 2. The van der Waals surface area contributed by atoms with Crippen molar-refractivity contribution < 1.29 is 4.79 Å². The van der Waals surface area contributed by atoms with E-state index in [1.54, 1.807) is 6.92 Å². The number of aromatic nitrogens is 2. The molecule has 164 valence electrons. The topological polar surface area (TPSA) is 46.9 Å². The fourth-order valence-electron chi connectivity index (χ4n) is 3.80. The average molecular weight is 418 g/mol. The van der Waals surface area contributed by atoms with Crippen LogP contribution >= 0.6 is 0 Å². The van der Waals surface area contributed by atoms with Crippen LogP contribution in [0.25, 0.3) is 11.0 Å². The average Bonchev–Trinajstić information content (AvgIpc) is 3.13. The van der Waals surface area contributed by atoms with Gasteiger partial charge >= 0.3 is 0 Å². The number of nitrogens with one attached hydrogen (secondary N) is 1. The van der Waals surface area contributed by atoms with Crippen molar-refractivity contribution in [1.82, 2.24) is 14.9 Å². The van der Waals surface area contributed by atoms with Crippen LogP contribution in [-0.2, 0) is 17.8 Å². The van der Waals surface area contributed by atoms with Crippen LogP contribution in [0.4, 0.5) is 0 Å². The van der Waals surface area contributed by atoms with Crippen LogP contribution in [0.5, 0.6) is 0 Å². The third-order valence-electron chi connectivity index (χ3n) is 5.99. The lowest BCUT2D eigenvalue weighted by atomic mass is 9.97. The van der Waals surface area contributed by atoms with Crippen LogP contribution in [0.2, 0.25) is 0 Å². The Morgan fingerprint density at radius 2 is 1.84 bits per heavy atom. The standard InChI is InChI=1S/C27H35N3O/c1-5-21(4)23-16-14-22(15-17-23)19-30-25-12-9-8-11-24(25)29-26(30)13-7-6-10-18-28-27(31)20(2)3/h8-9,11-12,14-17,21H,2,5-7,10,13,18-19H2,1,3-4H3,(H,28,31). The minimum absolute atomic E-state index is 0.0545. The number of carbonyl (C=O) groups excluding carboxylic acids is 1. The van der Waals surface area contributed by atoms with Crippen LogP contribution in [0, 0.1) is 0 Å². The van der Waals surface area contributed by atoms with E-state index in [4.69, 9.17) is 4.98 Å². The SMILES string of the molecule is C=C(C)C(=O)NCCCCCc1nc2ccccc2n1Cc1ccc(C(C)CC)cc1. The van der Waals surface area contributed by atoms with Gasteiger partial charge in [0.05, 0.1) is 11.0 Å². The van der Waals surface area contributed by atoms with Gasteiger partial charge in [-0.15, -0.1) is 0 Å². The van der Waals surface area contributed by atoms with Crippen LogP contribution in [0.15, 0.2) is 60.7 Å². The molecule has 0 spiro atoms. The molecule has 3 aromatic rings. The highest BCUT2D eigenvalue weighted by Gasteiger charge is 2.11. The summed E-state index contributed by atoms with van der Waals surface area (Å²) in [6, 6.07) is 17.4. The molecule has 0 aliphatic carbocycles. The molecule has 4 heteroatoms. The van der Waals surface area contributed by atoms with Gasteiger partial charge in [-0.2, -0.15) is 0 Å². The van der Waals surface area contributed by atoms with Gasteiger partial charge < -0.3 is 9.88 Å². The van der Waals surface area contributed by atoms with Crippen LogP contribution in [0.3, 0.4) is 0 Å². The van der Waals surface area contributed by atoms with Gasteiger partial charge in [0.25, 0.3) is 0 Å². The molecule has 0 fully saturated rings. The van der Waals surface area contributed by atoms with E-state index >= 15 is 0 Å². The molecule has 31 heavy (non-hydrogen) atoms. The Balaban J connectivity index is 1.65. The molecule has 0 radical (unpaired) electrons. The molecule has 3 rings (SSSR count). The summed E-state index contributed by atoms with van der Waals surface area (Å²) in [4.78, 5) is 16.5. The first kappa shape index (κ1) is 22.8. The molecule has 1 aromatic heterocycles. The minimum Gasteiger partial charge on any atom is -0.352 e. The van der Waals surface area contributed by atoms with Crippen molar-refractivity contribution in [2.24, 2.45) is 0 Å². The van der Waals surface area contributed by atoms with Crippen LogP contribution < -0.4 is 5.32 Å². The molecule has 1 amide bonds. The number of imidazole rings is 1. The summed E-state index contributed by atoms with van der Waals surface area (Å²) in [7, 11) is 0. The largest absolute Gasteiger partial charge is 0.352 e. The van der Waals surface area contributed by atoms with Crippen molar-refractivity contribution >= 4 is 16.9 Å². The number of carbonyl (C=O) groups is 1. The van der Waals surface area contributed by atoms with Crippen molar-refractivity contribution in [1.29, 1.82) is 0 Å². The summed E-state index contributed by atoms with van der Waals surface area (Å²) in [6.07, 6.45) is 5.18. The quantitative estimate of drug-likeness (QED) is 0.307. The number of aryl methyl sites for hydroxylation is 1. The molecular formula is C27H35N3O. The second kappa shape index (κ2) is 10.9. The van der Waals surface area contributed by atoms with Gasteiger partial charge in [-0.3, -0.25) is 4.79 Å². The van der Waals surface area contributed by atoms with Crippen molar-refractivity contribution in [2.45, 2.75) is 65.3 Å². The highest BCUT2D eigenvalue weighted by Crippen LogP contribution is 2.22. The maximum Gasteiger partial charge on any atom is 0.246 e. The van der Waals surface area contributed by atoms with E-state index in [2.05, 4.69) is 78.8 Å². The van der Waals surface area contributed by atoms with E-state index in [-0.39, 0.29) is 5.91 Å². The van der Waals surface area contributed by atoms with Crippen molar-refractivity contribution in [3.8, 4) is 0 Å². The summed E-state index contributed by atoms with van der Waals surface area (Å²) < 4.78 is 2.36. The zero-order chi connectivity index (χ0) is 22.2. The summed E-state index contributed by atoms with van der Waals surface area (Å²) in [5, 5.41) is 2.90. The number of fused-ring (bicyclic) bond motifs is 1. The van der Waals surface area contributed by atoms with E-state index < -0.39 is 0 Å². The Morgan fingerprint density at radius 1 is 1.10 bits per heavy atom. The number of para-hydroxylation sites is 2. The first-order chi connectivity index (χ1) is 15.0. The van der Waals surface area contributed by atoms with E-state index in [0.717, 1.165) is 50.0 Å². The lowest BCUT2D eigenvalue weighted by Crippen LogP contribution is -2.24. The fraction of sp³-hybridized carbons (Fsp3) is 0.407. The van der Waals surface area contributed by atoms with Gasteiger partial charge in [-0.1, -0.05) is 63.2 Å². The summed E-state index contributed by atoms with van der Waals surface area (Å²) in [5.74, 6) is 1.68. The molecule has 1 N–H and O–H groups in total. The summed E-state index contributed by atoms with van der Waals surface area (Å²) >= 11 is 0. The van der Waals surface area contributed by atoms with Gasteiger partial charge in [0.15, 0.2) is 0 Å². The molecule has 0 saturated carbocycles. The first-order valence-corrected chi connectivity index (χ1v) is 11.5. The molecule has 1 atom stereocenters.